The average molecular weight is 131 g/mol. The standard InChI is InChI=1S/C6H6O.ClH/c7-6-4-2-1-3-5-6;/h2-5H,1H2;1H. The molecule has 0 bridgehead atoms. The number of hydrogen-bond acceptors (Lipinski definition) is 1. The molecule has 0 aromatic carbocycles. The molecule has 0 aromatic heterocycles. The number of allylic oxidation sites excluding steroid dienone is 4. The third kappa shape index (κ3) is 1.94. The van der Waals surface area contributed by atoms with Crippen molar-refractivity contribution in [3.63, 3.8) is 0 Å². The van der Waals surface area contributed by atoms with Gasteiger partial charge in [-0.25, -0.2) is 0 Å². The quantitative estimate of drug-likeness (QED) is 0.486. The zero-order valence-corrected chi connectivity index (χ0v) is 5.15. The molecular weight excluding hydrogens is 124 g/mol. The summed E-state index contributed by atoms with van der Waals surface area (Å²) in [5, 5.41) is 0. The highest BCUT2D eigenvalue weighted by atomic mass is 35.5. The van der Waals surface area contributed by atoms with Gasteiger partial charge in [0.25, 0.3) is 0 Å². The van der Waals surface area contributed by atoms with Crippen molar-refractivity contribution >= 4 is 18.2 Å². The first kappa shape index (κ1) is 7.44. The van der Waals surface area contributed by atoms with E-state index in [0.29, 0.717) is 0 Å². The molecule has 1 rings (SSSR count). The zero-order valence-electron chi connectivity index (χ0n) is 4.33. The van der Waals surface area contributed by atoms with E-state index >= 15 is 0 Å². The van der Waals surface area contributed by atoms with Crippen LogP contribution in [0.5, 0.6) is 0 Å². The number of carbonyl (C=O) groups is 1. The van der Waals surface area contributed by atoms with Crippen LogP contribution in [-0.4, -0.2) is 5.78 Å². The summed E-state index contributed by atoms with van der Waals surface area (Å²) >= 11 is 0. The summed E-state index contributed by atoms with van der Waals surface area (Å²) in [6, 6.07) is 0. The van der Waals surface area contributed by atoms with Crippen LogP contribution in [0.4, 0.5) is 0 Å². The predicted molar refractivity (Wildman–Crippen MR) is 35.2 cm³/mol. The fraction of sp³-hybridized carbons (Fsp3) is 0.167. The van der Waals surface area contributed by atoms with E-state index in [0.717, 1.165) is 6.42 Å². The molecule has 0 atom stereocenters. The summed E-state index contributed by atoms with van der Waals surface area (Å²) < 4.78 is 0. The first-order valence-electron chi connectivity index (χ1n) is 2.26. The van der Waals surface area contributed by atoms with E-state index in [2.05, 4.69) is 0 Å². The summed E-state index contributed by atoms with van der Waals surface area (Å²) in [5.74, 6) is 0.103. The molecule has 1 nitrogen and oxygen atoms in total. The Labute approximate surface area is 54.5 Å². The fourth-order valence-corrected chi connectivity index (χ4v) is 0.503. The fourth-order valence-electron chi connectivity index (χ4n) is 0.503. The molecule has 0 heterocycles. The van der Waals surface area contributed by atoms with Gasteiger partial charge in [-0.1, -0.05) is 12.2 Å². The minimum atomic E-state index is 0. The maximum atomic E-state index is 10.3. The summed E-state index contributed by atoms with van der Waals surface area (Å²) in [6.45, 7) is 0. The molecule has 2 heteroatoms. The maximum Gasteiger partial charge on any atom is 0.178 e. The Balaban J connectivity index is 0.000000490. The normalized spacial score (nSPS) is 15.8. The van der Waals surface area contributed by atoms with Gasteiger partial charge in [0.15, 0.2) is 5.78 Å². The topological polar surface area (TPSA) is 17.1 Å². The van der Waals surface area contributed by atoms with Crippen LogP contribution >= 0.6 is 12.4 Å². The molecule has 0 unspecified atom stereocenters. The molecular formula is C6H7ClO. The van der Waals surface area contributed by atoms with Crippen molar-refractivity contribution in [1.29, 1.82) is 0 Å². The van der Waals surface area contributed by atoms with Gasteiger partial charge in [-0.05, 0) is 18.6 Å². The van der Waals surface area contributed by atoms with Gasteiger partial charge < -0.3 is 0 Å². The van der Waals surface area contributed by atoms with Crippen molar-refractivity contribution in [2.45, 2.75) is 6.42 Å². The van der Waals surface area contributed by atoms with Crippen molar-refractivity contribution in [1.82, 2.24) is 0 Å². The van der Waals surface area contributed by atoms with Crippen LogP contribution in [0.3, 0.4) is 0 Å². The van der Waals surface area contributed by atoms with Gasteiger partial charge in [0, 0.05) is 0 Å². The Morgan fingerprint density at radius 3 is 2.00 bits per heavy atom. The van der Waals surface area contributed by atoms with E-state index in [1.54, 1.807) is 12.2 Å². The lowest BCUT2D eigenvalue weighted by atomic mass is 10.2. The summed E-state index contributed by atoms with van der Waals surface area (Å²) in [5.41, 5.74) is 0. The Hall–Kier alpha value is -0.560. The van der Waals surface area contributed by atoms with Crippen LogP contribution in [0.25, 0.3) is 0 Å². The highest BCUT2D eigenvalue weighted by molar-refractivity contribution is 5.99. The van der Waals surface area contributed by atoms with Crippen LogP contribution in [0, 0.1) is 0 Å². The minimum Gasteiger partial charge on any atom is -0.290 e. The van der Waals surface area contributed by atoms with Gasteiger partial charge in [-0.2, -0.15) is 0 Å². The first-order valence-corrected chi connectivity index (χ1v) is 2.26. The van der Waals surface area contributed by atoms with E-state index in [-0.39, 0.29) is 18.2 Å². The summed E-state index contributed by atoms with van der Waals surface area (Å²) in [6.07, 6.45) is 7.77. The lowest BCUT2D eigenvalue weighted by molar-refractivity contribution is -0.110. The number of halogens is 1. The second-order valence-corrected chi connectivity index (χ2v) is 1.44. The molecule has 0 N–H and O–H groups in total. The van der Waals surface area contributed by atoms with Crippen molar-refractivity contribution in [2.24, 2.45) is 0 Å². The van der Waals surface area contributed by atoms with Crippen LogP contribution in [0.15, 0.2) is 24.3 Å². The van der Waals surface area contributed by atoms with Gasteiger partial charge in [0.1, 0.15) is 0 Å². The summed E-state index contributed by atoms with van der Waals surface area (Å²) in [7, 11) is 0. The molecule has 0 aliphatic heterocycles. The molecule has 1 aliphatic rings. The van der Waals surface area contributed by atoms with E-state index in [9.17, 15) is 4.79 Å². The maximum absolute atomic E-state index is 10.3. The number of hydrogen-bond donors (Lipinski definition) is 0. The highest BCUT2D eigenvalue weighted by Gasteiger charge is 1.89. The average Bonchev–Trinajstić information content (AvgIpc) is 1.69. The van der Waals surface area contributed by atoms with E-state index in [1.165, 1.54) is 0 Å². The molecule has 0 fully saturated rings. The number of rotatable bonds is 0. The first-order chi connectivity index (χ1) is 3.39. The second kappa shape index (κ2) is 3.44. The lowest BCUT2D eigenvalue weighted by Gasteiger charge is -1.87. The second-order valence-electron chi connectivity index (χ2n) is 1.44. The molecule has 1 aliphatic carbocycles. The summed E-state index contributed by atoms with van der Waals surface area (Å²) in [4.78, 5) is 10.3. The van der Waals surface area contributed by atoms with Gasteiger partial charge in [0.2, 0.25) is 0 Å². The highest BCUT2D eigenvalue weighted by Crippen LogP contribution is 1.93. The SMILES string of the molecule is Cl.O=C1C=CCC=C1. The number of carbonyl (C=O) groups excluding carboxylic acids is 1. The largest absolute Gasteiger partial charge is 0.290 e. The third-order valence-electron chi connectivity index (χ3n) is 0.836. The monoisotopic (exact) mass is 130 g/mol. The van der Waals surface area contributed by atoms with E-state index in [4.69, 9.17) is 0 Å². The van der Waals surface area contributed by atoms with Gasteiger partial charge in [-0.15, -0.1) is 12.4 Å². The van der Waals surface area contributed by atoms with Crippen molar-refractivity contribution in [2.75, 3.05) is 0 Å². The molecule has 0 saturated heterocycles. The molecule has 8 heavy (non-hydrogen) atoms. The van der Waals surface area contributed by atoms with Crippen LogP contribution in [-0.2, 0) is 4.79 Å². The minimum absolute atomic E-state index is 0. The Bertz CT molecular complexity index is 121. The Morgan fingerprint density at radius 1 is 1.25 bits per heavy atom. The van der Waals surface area contributed by atoms with Crippen LogP contribution in [0.2, 0.25) is 0 Å². The zero-order chi connectivity index (χ0) is 5.11. The number of ketones is 1. The molecule has 44 valence electrons. The van der Waals surface area contributed by atoms with Crippen molar-refractivity contribution < 1.29 is 4.79 Å². The van der Waals surface area contributed by atoms with Gasteiger partial charge >= 0.3 is 0 Å². The van der Waals surface area contributed by atoms with Gasteiger partial charge in [0.05, 0.1) is 0 Å². The van der Waals surface area contributed by atoms with E-state index in [1.807, 2.05) is 12.2 Å². The Morgan fingerprint density at radius 2 is 1.75 bits per heavy atom. The lowest BCUT2D eigenvalue weighted by Crippen LogP contribution is -1.87. The van der Waals surface area contributed by atoms with Crippen molar-refractivity contribution in [3.05, 3.63) is 24.3 Å². The smallest absolute Gasteiger partial charge is 0.178 e. The molecule has 0 spiro atoms. The molecule has 0 saturated carbocycles. The van der Waals surface area contributed by atoms with E-state index < -0.39 is 0 Å². The van der Waals surface area contributed by atoms with Crippen LogP contribution in [0.1, 0.15) is 6.42 Å². The third-order valence-corrected chi connectivity index (χ3v) is 0.836. The molecule has 0 radical (unpaired) electrons. The van der Waals surface area contributed by atoms with Gasteiger partial charge in [-0.3, -0.25) is 4.79 Å². The Kier molecular flexibility index (Phi) is 3.20. The predicted octanol–water partition coefficient (Wildman–Crippen LogP) is 1.49. The molecule has 0 amide bonds. The molecule has 0 aromatic rings. The van der Waals surface area contributed by atoms with Crippen molar-refractivity contribution in [3.8, 4) is 0 Å². The van der Waals surface area contributed by atoms with Crippen LogP contribution < -0.4 is 0 Å².